The van der Waals surface area contributed by atoms with Crippen molar-refractivity contribution in [3.63, 3.8) is 0 Å². The number of carbonyl (C=O) groups excluding carboxylic acids is 2. The van der Waals surface area contributed by atoms with E-state index in [1.165, 1.54) is 0 Å². The van der Waals surface area contributed by atoms with Gasteiger partial charge in [0.1, 0.15) is 6.04 Å². The Bertz CT molecular complexity index is 373. The van der Waals surface area contributed by atoms with Gasteiger partial charge in [0.2, 0.25) is 5.91 Å². The van der Waals surface area contributed by atoms with Gasteiger partial charge in [-0.3, -0.25) is 10.1 Å². The van der Waals surface area contributed by atoms with Crippen LogP contribution in [0.15, 0.2) is 24.3 Å². The number of aryl methyl sites for hydroxylation is 1. The van der Waals surface area contributed by atoms with Crippen LogP contribution in [0.4, 0.5) is 4.79 Å². The minimum atomic E-state index is -0.900. The summed E-state index contributed by atoms with van der Waals surface area (Å²) in [7, 11) is 0. The molecule has 5 nitrogen and oxygen atoms in total. The lowest BCUT2D eigenvalue weighted by atomic mass is 10.1. The number of carbonyl (C=O) groups is 2. The minimum Gasteiger partial charge on any atom is -0.351 e. The summed E-state index contributed by atoms with van der Waals surface area (Å²) in [5, 5.41) is 1.93. The number of hydrogen-bond acceptors (Lipinski definition) is 3. The average Bonchev–Trinajstić information content (AvgIpc) is 2.17. The van der Waals surface area contributed by atoms with Gasteiger partial charge < -0.3 is 11.5 Å². The summed E-state index contributed by atoms with van der Waals surface area (Å²) < 4.78 is 0. The first-order chi connectivity index (χ1) is 7.00. The summed E-state index contributed by atoms with van der Waals surface area (Å²) in [4.78, 5) is 21.7. The van der Waals surface area contributed by atoms with Crippen LogP contribution in [0.25, 0.3) is 0 Å². The number of rotatable bonds is 2. The van der Waals surface area contributed by atoms with Crippen molar-refractivity contribution in [3.8, 4) is 0 Å². The largest absolute Gasteiger partial charge is 0.351 e. The van der Waals surface area contributed by atoms with Crippen molar-refractivity contribution in [2.75, 3.05) is 0 Å². The molecule has 1 aromatic rings. The normalized spacial score (nSPS) is 11.9. The Morgan fingerprint density at radius 2 is 1.80 bits per heavy atom. The molecule has 5 N–H and O–H groups in total. The van der Waals surface area contributed by atoms with E-state index in [2.05, 4.69) is 0 Å². The lowest BCUT2D eigenvalue weighted by molar-refractivity contribution is -0.121. The molecule has 0 fully saturated rings. The van der Waals surface area contributed by atoms with Gasteiger partial charge in [0.15, 0.2) is 0 Å². The van der Waals surface area contributed by atoms with E-state index >= 15 is 0 Å². The number of nitrogens with one attached hydrogen (secondary N) is 1. The van der Waals surface area contributed by atoms with E-state index in [-0.39, 0.29) is 0 Å². The highest BCUT2D eigenvalue weighted by molar-refractivity contribution is 5.96. The van der Waals surface area contributed by atoms with Gasteiger partial charge in [0.05, 0.1) is 0 Å². The molecule has 0 bridgehead atoms. The highest BCUT2D eigenvalue weighted by Gasteiger charge is 2.16. The number of urea groups is 1. The van der Waals surface area contributed by atoms with Gasteiger partial charge in [-0.2, -0.15) is 0 Å². The van der Waals surface area contributed by atoms with E-state index in [4.69, 9.17) is 11.5 Å². The summed E-state index contributed by atoms with van der Waals surface area (Å²) in [5.74, 6) is -0.605. The molecule has 0 heterocycles. The third kappa shape index (κ3) is 3.07. The van der Waals surface area contributed by atoms with E-state index < -0.39 is 18.0 Å². The maximum atomic E-state index is 11.3. The quantitative estimate of drug-likeness (QED) is 0.645. The van der Waals surface area contributed by atoms with Crippen molar-refractivity contribution >= 4 is 11.9 Å². The number of amides is 3. The zero-order chi connectivity index (χ0) is 11.4. The molecule has 1 aromatic carbocycles. The van der Waals surface area contributed by atoms with E-state index in [1.807, 2.05) is 24.4 Å². The fraction of sp³-hybridized carbons (Fsp3) is 0.200. The molecule has 1 unspecified atom stereocenters. The second-order valence-electron chi connectivity index (χ2n) is 3.24. The Balaban J connectivity index is 2.76. The smallest absolute Gasteiger partial charge is 0.318 e. The molecular formula is C10H13N3O2. The molecule has 1 rings (SSSR count). The van der Waals surface area contributed by atoms with E-state index in [0.717, 1.165) is 5.56 Å². The molecule has 0 aliphatic heterocycles. The van der Waals surface area contributed by atoms with E-state index in [1.54, 1.807) is 12.1 Å². The van der Waals surface area contributed by atoms with Gasteiger partial charge in [0.25, 0.3) is 0 Å². The van der Waals surface area contributed by atoms with Crippen molar-refractivity contribution in [1.82, 2.24) is 5.32 Å². The Hall–Kier alpha value is -1.88. The molecule has 80 valence electrons. The van der Waals surface area contributed by atoms with E-state index in [0.29, 0.717) is 5.56 Å². The van der Waals surface area contributed by atoms with Crippen LogP contribution in [-0.2, 0) is 4.79 Å². The van der Waals surface area contributed by atoms with Crippen molar-refractivity contribution in [1.29, 1.82) is 0 Å². The topological polar surface area (TPSA) is 98.2 Å². The molecule has 0 aliphatic rings. The first-order valence-electron chi connectivity index (χ1n) is 4.43. The van der Waals surface area contributed by atoms with Gasteiger partial charge in [-0.15, -0.1) is 0 Å². The average molecular weight is 207 g/mol. The monoisotopic (exact) mass is 207 g/mol. The van der Waals surface area contributed by atoms with Gasteiger partial charge >= 0.3 is 6.03 Å². The number of primary amides is 1. The zero-order valence-electron chi connectivity index (χ0n) is 8.36. The fourth-order valence-corrected chi connectivity index (χ4v) is 1.12. The predicted molar refractivity (Wildman–Crippen MR) is 55.8 cm³/mol. The Kier molecular flexibility index (Phi) is 3.41. The van der Waals surface area contributed by atoms with Gasteiger partial charge in [0, 0.05) is 0 Å². The summed E-state index contributed by atoms with van der Waals surface area (Å²) in [6.07, 6.45) is 0. The molecular weight excluding hydrogens is 194 g/mol. The summed E-state index contributed by atoms with van der Waals surface area (Å²) >= 11 is 0. The number of hydrogen-bond donors (Lipinski definition) is 3. The first kappa shape index (κ1) is 11.2. The Labute approximate surface area is 87.4 Å². The molecule has 0 aliphatic carbocycles. The lowest BCUT2D eigenvalue weighted by Crippen LogP contribution is -2.40. The molecule has 0 saturated carbocycles. The van der Waals surface area contributed by atoms with Crippen molar-refractivity contribution in [3.05, 3.63) is 35.4 Å². The van der Waals surface area contributed by atoms with Crippen LogP contribution >= 0.6 is 0 Å². The predicted octanol–water partition coefficient (Wildman–Crippen LogP) is 0.190. The van der Waals surface area contributed by atoms with Crippen LogP contribution in [0, 0.1) is 6.92 Å². The molecule has 0 saturated heterocycles. The van der Waals surface area contributed by atoms with E-state index in [9.17, 15) is 9.59 Å². The van der Waals surface area contributed by atoms with Crippen molar-refractivity contribution in [2.45, 2.75) is 13.0 Å². The van der Waals surface area contributed by atoms with Crippen LogP contribution in [0.2, 0.25) is 0 Å². The Morgan fingerprint density at radius 3 is 2.27 bits per heavy atom. The number of benzene rings is 1. The maximum Gasteiger partial charge on any atom is 0.318 e. The lowest BCUT2D eigenvalue weighted by Gasteiger charge is -2.10. The van der Waals surface area contributed by atoms with Crippen molar-refractivity contribution < 1.29 is 9.59 Å². The van der Waals surface area contributed by atoms with Crippen LogP contribution in [0.5, 0.6) is 0 Å². The zero-order valence-corrected chi connectivity index (χ0v) is 8.36. The number of nitrogens with two attached hydrogens (primary N) is 2. The minimum absolute atomic E-state index is 0.605. The highest BCUT2D eigenvalue weighted by atomic mass is 16.2. The molecule has 15 heavy (non-hydrogen) atoms. The Morgan fingerprint density at radius 1 is 1.27 bits per heavy atom. The third-order valence-electron chi connectivity index (χ3n) is 1.97. The summed E-state index contributed by atoms with van der Waals surface area (Å²) in [6.45, 7) is 1.93. The summed E-state index contributed by atoms with van der Waals surface area (Å²) in [5.41, 5.74) is 12.1. The van der Waals surface area contributed by atoms with Crippen LogP contribution in [-0.4, -0.2) is 11.9 Å². The second kappa shape index (κ2) is 4.56. The standard InChI is InChI=1S/C10H13N3O2/c1-6-2-4-7(5-3-6)8(11)9(14)13-10(12)15/h2-5,8H,11H2,1H3,(H3,12,13,14,15). The van der Waals surface area contributed by atoms with Crippen LogP contribution in [0.1, 0.15) is 17.2 Å². The first-order valence-corrected chi connectivity index (χ1v) is 4.43. The maximum absolute atomic E-state index is 11.3. The van der Waals surface area contributed by atoms with Crippen LogP contribution in [0.3, 0.4) is 0 Å². The SMILES string of the molecule is Cc1ccc(C(N)C(=O)NC(N)=O)cc1. The number of imide groups is 1. The molecule has 1 atom stereocenters. The van der Waals surface area contributed by atoms with Gasteiger partial charge in [-0.1, -0.05) is 29.8 Å². The molecule has 5 heteroatoms. The molecule has 0 aromatic heterocycles. The second-order valence-corrected chi connectivity index (χ2v) is 3.24. The van der Waals surface area contributed by atoms with Crippen LogP contribution < -0.4 is 16.8 Å². The summed E-state index contributed by atoms with van der Waals surface area (Å²) in [6, 6.07) is 5.38. The van der Waals surface area contributed by atoms with Gasteiger partial charge in [-0.05, 0) is 12.5 Å². The fourth-order valence-electron chi connectivity index (χ4n) is 1.12. The molecule has 3 amide bonds. The van der Waals surface area contributed by atoms with Crippen molar-refractivity contribution in [2.24, 2.45) is 11.5 Å². The third-order valence-corrected chi connectivity index (χ3v) is 1.97. The highest BCUT2D eigenvalue weighted by Crippen LogP contribution is 2.11. The van der Waals surface area contributed by atoms with Gasteiger partial charge in [-0.25, -0.2) is 4.79 Å². The molecule has 0 spiro atoms. The molecule has 0 radical (unpaired) electrons.